The van der Waals surface area contributed by atoms with Crippen LogP contribution in [-0.4, -0.2) is 34.7 Å². The molecule has 0 aliphatic heterocycles. The number of halogens is 4. The van der Waals surface area contributed by atoms with Gasteiger partial charge in [0.05, 0.1) is 26.2 Å². The van der Waals surface area contributed by atoms with Crippen LogP contribution in [0.2, 0.25) is 5.02 Å². The zero-order chi connectivity index (χ0) is 23.0. The van der Waals surface area contributed by atoms with E-state index in [1.165, 1.54) is 44.7 Å². The fourth-order valence-electron chi connectivity index (χ4n) is 2.97. The highest BCUT2D eigenvalue weighted by atomic mass is 35.5. The van der Waals surface area contributed by atoms with Crippen molar-refractivity contribution in [2.45, 2.75) is 6.18 Å². The molecule has 166 valence electrons. The second-order valence-electron chi connectivity index (χ2n) is 6.42. The maximum absolute atomic E-state index is 13.7. The summed E-state index contributed by atoms with van der Waals surface area (Å²) < 4.78 is 57.1. The fraction of sp³-hybridized carbons (Fsp3) is 0.150. The fourth-order valence-corrected chi connectivity index (χ4v) is 3.22. The number of ether oxygens (including phenoxy) is 2. The Balaban J connectivity index is 1.80. The maximum Gasteiger partial charge on any atom is 0.433 e. The van der Waals surface area contributed by atoms with Gasteiger partial charge in [-0.05, 0) is 30.3 Å². The molecule has 4 rings (SSSR count). The van der Waals surface area contributed by atoms with Crippen molar-refractivity contribution in [1.29, 1.82) is 0 Å². The minimum Gasteiger partial charge on any atom is -0.497 e. The second-order valence-corrected chi connectivity index (χ2v) is 6.80. The average molecular weight is 467 g/mol. The number of carbonyl (C=O) groups is 1. The Morgan fingerprint density at radius 3 is 2.59 bits per heavy atom. The van der Waals surface area contributed by atoms with Crippen molar-refractivity contribution in [2.75, 3.05) is 19.5 Å². The molecule has 1 aromatic carbocycles. The SMILES string of the molecule is COc1ccc(NC(=O)c2nn3c(C(F)(F)F)cc(-c4ccco4)nc3c2Cl)c(OC)c1. The number of fused-ring (bicyclic) bond motifs is 1. The molecule has 4 aromatic rings. The van der Waals surface area contributed by atoms with E-state index in [0.29, 0.717) is 10.3 Å². The lowest BCUT2D eigenvalue weighted by Gasteiger charge is -2.11. The third-order valence-corrected chi connectivity index (χ3v) is 4.82. The number of hydrogen-bond acceptors (Lipinski definition) is 6. The number of nitrogens with zero attached hydrogens (tertiary/aromatic N) is 3. The van der Waals surface area contributed by atoms with Crippen LogP contribution in [0.25, 0.3) is 17.1 Å². The van der Waals surface area contributed by atoms with Crippen molar-refractivity contribution in [3.8, 4) is 23.0 Å². The summed E-state index contributed by atoms with van der Waals surface area (Å²) in [6, 6.07) is 8.33. The molecule has 12 heteroatoms. The van der Waals surface area contributed by atoms with Crippen LogP contribution < -0.4 is 14.8 Å². The summed E-state index contributed by atoms with van der Waals surface area (Å²) in [5.41, 5.74) is -1.83. The second kappa shape index (κ2) is 8.08. The normalized spacial score (nSPS) is 11.6. The number of rotatable bonds is 5. The Morgan fingerprint density at radius 2 is 1.97 bits per heavy atom. The summed E-state index contributed by atoms with van der Waals surface area (Å²) >= 11 is 6.24. The van der Waals surface area contributed by atoms with Crippen molar-refractivity contribution in [3.05, 3.63) is 59.1 Å². The number of nitrogens with one attached hydrogen (secondary N) is 1. The van der Waals surface area contributed by atoms with Crippen molar-refractivity contribution < 1.29 is 31.9 Å². The Kier molecular flexibility index (Phi) is 5.43. The highest BCUT2D eigenvalue weighted by Crippen LogP contribution is 2.35. The van der Waals surface area contributed by atoms with Gasteiger partial charge >= 0.3 is 6.18 Å². The molecule has 32 heavy (non-hydrogen) atoms. The first-order chi connectivity index (χ1) is 15.2. The number of aromatic nitrogens is 3. The van der Waals surface area contributed by atoms with Crippen LogP contribution in [-0.2, 0) is 6.18 Å². The van der Waals surface area contributed by atoms with E-state index >= 15 is 0 Å². The molecule has 8 nitrogen and oxygen atoms in total. The summed E-state index contributed by atoms with van der Waals surface area (Å²) in [7, 11) is 2.85. The molecule has 0 spiro atoms. The summed E-state index contributed by atoms with van der Waals surface area (Å²) in [6.45, 7) is 0. The zero-order valence-corrected chi connectivity index (χ0v) is 17.3. The van der Waals surface area contributed by atoms with Crippen LogP contribution in [0.1, 0.15) is 16.2 Å². The number of benzene rings is 1. The quantitative estimate of drug-likeness (QED) is 0.448. The van der Waals surface area contributed by atoms with Crippen LogP contribution in [0.15, 0.2) is 47.1 Å². The molecule has 0 aliphatic rings. The molecule has 0 saturated carbocycles. The first-order valence-electron chi connectivity index (χ1n) is 8.96. The molecule has 0 radical (unpaired) electrons. The summed E-state index contributed by atoms with van der Waals surface area (Å²) in [6.07, 6.45) is -3.50. The monoisotopic (exact) mass is 466 g/mol. The highest BCUT2D eigenvalue weighted by molar-refractivity contribution is 6.37. The molecule has 0 unspecified atom stereocenters. The van der Waals surface area contributed by atoms with E-state index in [1.54, 1.807) is 6.07 Å². The lowest BCUT2D eigenvalue weighted by Crippen LogP contribution is -2.16. The Morgan fingerprint density at radius 1 is 1.19 bits per heavy atom. The smallest absolute Gasteiger partial charge is 0.433 e. The van der Waals surface area contributed by atoms with Gasteiger partial charge in [0.25, 0.3) is 5.91 Å². The van der Waals surface area contributed by atoms with Gasteiger partial charge < -0.3 is 19.2 Å². The molecule has 0 atom stereocenters. The predicted octanol–water partition coefficient (Wildman–Crippen LogP) is 4.93. The number of methoxy groups -OCH3 is 2. The van der Waals surface area contributed by atoms with Gasteiger partial charge in [-0.2, -0.15) is 18.3 Å². The Labute approximate surface area is 183 Å². The minimum absolute atomic E-state index is 0.101. The number of amides is 1. The van der Waals surface area contributed by atoms with Gasteiger partial charge in [0.15, 0.2) is 22.8 Å². The zero-order valence-electron chi connectivity index (χ0n) is 16.5. The van der Waals surface area contributed by atoms with Gasteiger partial charge in [-0.25, -0.2) is 9.50 Å². The summed E-state index contributed by atoms with van der Waals surface area (Å²) in [5, 5.41) is 5.95. The average Bonchev–Trinajstić information content (AvgIpc) is 3.41. The molecule has 1 N–H and O–H groups in total. The predicted molar refractivity (Wildman–Crippen MR) is 108 cm³/mol. The van der Waals surface area contributed by atoms with Gasteiger partial charge in [-0.1, -0.05) is 11.6 Å². The third-order valence-electron chi connectivity index (χ3n) is 4.47. The van der Waals surface area contributed by atoms with Crippen LogP contribution >= 0.6 is 11.6 Å². The summed E-state index contributed by atoms with van der Waals surface area (Å²) in [4.78, 5) is 16.9. The van der Waals surface area contributed by atoms with E-state index in [4.69, 9.17) is 25.5 Å². The molecular formula is C20H14ClF3N4O4. The van der Waals surface area contributed by atoms with Gasteiger partial charge in [-0.15, -0.1) is 0 Å². The standard InChI is InChI=1S/C20H14ClF3N4O4/c1-30-10-5-6-11(14(8-10)31-2)26-19(29)17-16(21)18-25-12(13-4-3-7-32-13)9-15(20(22,23)24)28(18)27-17/h3-9H,1-2H3,(H,26,29). The lowest BCUT2D eigenvalue weighted by molar-refractivity contribution is -0.142. The van der Waals surface area contributed by atoms with Crippen molar-refractivity contribution in [1.82, 2.24) is 14.6 Å². The van der Waals surface area contributed by atoms with Crippen molar-refractivity contribution in [3.63, 3.8) is 0 Å². The highest BCUT2D eigenvalue weighted by Gasteiger charge is 2.37. The van der Waals surface area contributed by atoms with Crippen LogP contribution in [0.5, 0.6) is 11.5 Å². The topological polar surface area (TPSA) is 90.9 Å². The molecule has 0 aliphatic carbocycles. The number of furan rings is 1. The Hall–Kier alpha value is -3.73. The van der Waals surface area contributed by atoms with Crippen LogP contribution in [0, 0.1) is 0 Å². The molecule has 0 saturated heterocycles. The van der Waals surface area contributed by atoms with E-state index in [1.807, 2.05) is 0 Å². The molecule has 3 heterocycles. The van der Waals surface area contributed by atoms with Crippen LogP contribution in [0.4, 0.5) is 18.9 Å². The van der Waals surface area contributed by atoms with E-state index < -0.39 is 23.5 Å². The third kappa shape index (κ3) is 3.82. The molecular weight excluding hydrogens is 453 g/mol. The number of hydrogen-bond donors (Lipinski definition) is 1. The lowest BCUT2D eigenvalue weighted by atomic mass is 10.2. The van der Waals surface area contributed by atoms with Gasteiger partial charge in [0.2, 0.25) is 0 Å². The Bertz CT molecular complexity index is 1300. The molecule has 0 bridgehead atoms. The maximum atomic E-state index is 13.7. The van der Waals surface area contributed by atoms with Crippen molar-refractivity contribution in [2.24, 2.45) is 0 Å². The first-order valence-corrected chi connectivity index (χ1v) is 9.34. The molecule has 3 aromatic heterocycles. The molecule has 0 fully saturated rings. The summed E-state index contributed by atoms with van der Waals surface area (Å²) in [5.74, 6) is 0.00256. The van der Waals surface area contributed by atoms with E-state index in [2.05, 4.69) is 15.4 Å². The number of alkyl halides is 3. The number of carbonyl (C=O) groups excluding carboxylic acids is 1. The van der Waals surface area contributed by atoms with E-state index in [9.17, 15) is 18.0 Å². The first kappa shape index (κ1) is 21.5. The molecule has 1 amide bonds. The van der Waals surface area contributed by atoms with Crippen LogP contribution in [0.3, 0.4) is 0 Å². The number of anilines is 1. The van der Waals surface area contributed by atoms with Crippen molar-refractivity contribution >= 4 is 28.8 Å². The largest absolute Gasteiger partial charge is 0.497 e. The van der Waals surface area contributed by atoms with Gasteiger partial charge in [0.1, 0.15) is 22.2 Å². The van der Waals surface area contributed by atoms with Gasteiger partial charge in [0, 0.05) is 6.07 Å². The minimum atomic E-state index is -4.80. The van der Waals surface area contributed by atoms with E-state index in [0.717, 1.165) is 6.07 Å². The van der Waals surface area contributed by atoms with E-state index in [-0.39, 0.29) is 33.6 Å². The van der Waals surface area contributed by atoms with Gasteiger partial charge in [-0.3, -0.25) is 4.79 Å².